The van der Waals surface area contributed by atoms with Gasteiger partial charge in [-0.1, -0.05) is 20.8 Å². The zero-order valence-electron chi connectivity index (χ0n) is 9.58. The molecule has 2 N–H and O–H groups in total. The van der Waals surface area contributed by atoms with Gasteiger partial charge in [0.25, 0.3) is 0 Å². The van der Waals surface area contributed by atoms with Crippen LogP contribution in [0.4, 0.5) is 4.79 Å². The molecule has 0 spiro atoms. The molecule has 1 aliphatic rings. The lowest BCUT2D eigenvalue weighted by Gasteiger charge is -2.45. The maximum absolute atomic E-state index is 10.9. The Balaban J connectivity index is 2.27. The van der Waals surface area contributed by atoms with Crippen molar-refractivity contribution in [2.75, 3.05) is 26.7 Å². The summed E-state index contributed by atoms with van der Waals surface area (Å²) in [6.07, 6.45) is 0. The molecule has 0 aliphatic carbocycles. The third-order valence-electron chi connectivity index (χ3n) is 2.53. The summed E-state index contributed by atoms with van der Waals surface area (Å²) in [4.78, 5) is 14.8. The van der Waals surface area contributed by atoms with E-state index in [4.69, 9.17) is 5.73 Å². The molecule has 0 aromatic rings. The van der Waals surface area contributed by atoms with Gasteiger partial charge in [-0.15, -0.1) is 0 Å². The summed E-state index contributed by atoms with van der Waals surface area (Å²) in [5.41, 5.74) is 5.52. The molecule has 4 nitrogen and oxygen atoms in total. The number of nitrogens with two attached hydrogens (primary N) is 1. The van der Waals surface area contributed by atoms with Crippen LogP contribution in [-0.4, -0.2) is 48.6 Å². The highest BCUT2D eigenvalue weighted by atomic mass is 16.2. The van der Waals surface area contributed by atoms with Gasteiger partial charge in [0.1, 0.15) is 0 Å². The Hall–Kier alpha value is -0.770. The van der Waals surface area contributed by atoms with Crippen molar-refractivity contribution in [2.24, 2.45) is 11.1 Å². The normalized spacial score (nSPS) is 19.1. The summed E-state index contributed by atoms with van der Waals surface area (Å²) >= 11 is 0. The monoisotopic (exact) mass is 199 g/mol. The lowest BCUT2D eigenvalue weighted by atomic mass is 9.93. The van der Waals surface area contributed by atoms with Gasteiger partial charge in [-0.25, -0.2) is 4.79 Å². The molecular weight excluding hydrogens is 178 g/mol. The van der Waals surface area contributed by atoms with E-state index in [1.165, 1.54) is 0 Å². The minimum atomic E-state index is -0.328. The van der Waals surface area contributed by atoms with Crippen LogP contribution in [0.1, 0.15) is 20.8 Å². The molecule has 0 radical (unpaired) electrons. The SMILES string of the molecule is CN(C(N)=O)C1CN(CC(C)(C)C)C1. The van der Waals surface area contributed by atoms with Crippen LogP contribution in [0, 0.1) is 5.41 Å². The number of hydrogen-bond acceptors (Lipinski definition) is 2. The average Bonchev–Trinajstić information content (AvgIpc) is 1.92. The standard InChI is InChI=1S/C10H21N3O/c1-10(2,3)7-13-5-8(6-13)12(4)9(11)14/h8H,5-7H2,1-4H3,(H2,11,14). The lowest BCUT2D eigenvalue weighted by molar-refractivity contribution is 0.0434. The molecular formula is C10H21N3O. The Kier molecular flexibility index (Phi) is 3.04. The Morgan fingerprint density at radius 3 is 2.36 bits per heavy atom. The van der Waals surface area contributed by atoms with E-state index in [1.54, 1.807) is 11.9 Å². The average molecular weight is 199 g/mol. The van der Waals surface area contributed by atoms with Crippen molar-refractivity contribution in [3.05, 3.63) is 0 Å². The van der Waals surface area contributed by atoms with E-state index in [1.807, 2.05) is 0 Å². The Labute approximate surface area is 86.0 Å². The molecule has 4 heteroatoms. The van der Waals surface area contributed by atoms with Crippen LogP contribution in [0.5, 0.6) is 0 Å². The van der Waals surface area contributed by atoms with Crippen LogP contribution in [0.2, 0.25) is 0 Å². The smallest absolute Gasteiger partial charge is 0.314 e. The Morgan fingerprint density at radius 1 is 1.50 bits per heavy atom. The van der Waals surface area contributed by atoms with Crippen molar-refractivity contribution in [1.82, 2.24) is 9.80 Å². The fraction of sp³-hybridized carbons (Fsp3) is 0.900. The third-order valence-corrected chi connectivity index (χ3v) is 2.53. The van der Waals surface area contributed by atoms with E-state index in [0.717, 1.165) is 19.6 Å². The van der Waals surface area contributed by atoms with Gasteiger partial charge >= 0.3 is 6.03 Å². The predicted octanol–water partition coefficient (Wildman–Crippen LogP) is 0.727. The number of urea groups is 1. The third kappa shape index (κ3) is 2.87. The highest BCUT2D eigenvalue weighted by Gasteiger charge is 2.33. The second kappa shape index (κ2) is 3.77. The molecule has 0 aromatic heterocycles. The second-order valence-electron chi connectivity index (χ2n) is 5.36. The first kappa shape index (κ1) is 11.3. The molecule has 82 valence electrons. The fourth-order valence-corrected chi connectivity index (χ4v) is 1.77. The van der Waals surface area contributed by atoms with Gasteiger partial charge in [0.2, 0.25) is 0 Å². The molecule has 0 aromatic carbocycles. The molecule has 0 saturated carbocycles. The molecule has 1 rings (SSSR count). The van der Waals surface area contributed by atoms with Crippen molar-refractivity contribution in [1.29, 1.82) is 0 Å². The molecule has 1 aliphatic heterocycles. The van der Waals surface area contributed by atoms with Crippen LogP contribution in [0.15, 0.2) is 0 Å². The summed E-state index contributed by atoms with van der Waals surface area (Å²) in [5, 5.41) is 0. The van der Waals surface area contributed by atoms with Crippen LogP contribution in [-0.2, 0) is 0 Å². The molecule has 1 saturated heterocycles. The van der Waals surface area contributed by atoms with E-state index >= 15 is 0 Å². The first-order valence-corrected chi connectivity index (χ1v) is 5.04. The zero-order chi connectivity index (χ0) is 10.9. The number of carbonyl (C=O) groups is 1. The summed E-state index contributed by atoms with van der Waals surface area (Å²) in [5.74, 6) is 0. The number of carbonyl (C=O) groups excluding carboxylic acids is 1. The molecule has 14 heavy (non-hydrogen) atoms. The van der Waals surface area contributed by atoms with Crippen LogP contribution >= 0.6 is 0 Å². The van der Waals surface area contributed by atoms with Crippen molar-refractivity contribution >= 4 is 6.03 Å². The first-order valence-electron chi connectivity index (χ1n) is 5.04. The van der Waals surface area contributed by atoms with Crippen molar-refractivity contribution in [3.8, 4) is 0 Å². The summed E-state index contributed by atoms with van der Waals surface area (Å²) in [6.45, 7) is 9.65. The quantitative estimate of drug-likeness (QED) is 0.712. The number of likely N-dealkylation sites (N-methyl/N-ethyl adjacent to an activating group) is 1. The highest BCUT2D eigenvalue weighted by molar-refractivity contribution is 5.72. The van der Waals surface area contributed by atoms with Gasteiger partial charge in [-0.2, -0.15) is 0 Å². The number of hydrogen-bond donors (Lipinski definition) is 1. The van der Waals surface area contributed by atoms with Crippen molar-refractivity contribution in [2.45, 2.75) is 26.8 Å². The van der Waals surface area contributed by atoms with Crippen molar-refractivity contribution < 1.29 is 4.79 Å². The summed E-state index contributed by atoms with van der Waals surface area (Å²) in [7, 11) is 1.77. The van der Waals surface area contributed by atoms with Gasteiger partial charge in [-0.05, 0) is 5.41 Å². The summed E-state index contributed by atoms with van der Waals surface area (Å²) < 4.78 is 0. The fourth-order valence-electron chi connectivity index (χ4n) is 1.77. The van der Waals surface area contributed by atoms with E-state index in [9.17, 15) is 4.79 Å². The maximum atomic E-state index is 10.9. The minimum Gasteiger partial charge on any atom is -0.351 e. The van der Waals surface area contributed by atoms with E-state index < -0.39 is 0 Å². The molecule has 0 bridgehead atoms. The van der Waals surface area contributed by atoms with E-state index in [0.29, 0.717) is 11.5 Å². The molecule has 0 unspecified atom stereocenters. The number of primary amides is 1. The number of nitrogens with zero attached hydrogens (tertiary/aromatic N) is 2. The first-order chi connectivity index (χ1) is 6.29. The van der Waals surface area contributed by atoms with Crippen molar-refractivity contribution in [3.63, 3.8) is 0 Å². The molecule has 2 amide bonds. The van der Waals surface area contributed by atoms with Crippen LogP contribution < -0.4 is 5.73 Å². The number of amides is 2. The zero-order valence-corrected chi connectivity index (χ0v) is 9.58. The van der Waals surface area contributed by atoms with Gasteiger partial charge in [0.05, 0.1) is 6.04 Å². The molecule has 1 fully saturated rings. The van der Waals surface area contributed by atoms with E-state index in [-0.39, 0.29) is 6.03 Å². The van der Waals surface area contributed by atoms with Gasteiger partial charge in [-0.3, -0.25) is 4.90 Å². The second-order valence-corrected chi connectivity index (χ2v) is 5.36. The molecule has 0 atom stereocenters. The summed E-state index contributed by atoms with van der Waals surface area (Å²) in [6, 6.07) is -0.0136. The largest absolute Gasteiger partial charge is 0.351 e. The minimum absolute atomic E-state index is 0.315. The predicted molar refractivity (Wildman–Crippen MR) is 57.0 cm³/mol. The maximum Gasteiger partial charge on any atom is 0.314 e. The number of rotatable bonds is 2. The van der Waals surface area contributed by atoms with Gasteiger partial charge < -0.3 is 10.6 Å². The lowest BCUT2D eigenvalue weighted by Crippen LogP contribution is -2.61. The Morgan fingerprint density at radius 2 is 2.00 bits per heavy atom. The Bertz CT molecular complexity index is 216. The molecule has 1 heterocycles. The highest BCUT2D eigenvalue weighted by Crippen LogP contribution is 2.21. The number of likely N-dealkylation sites (tertiary alicyclic amines) is 1. The van der Waals surface area contributed by atoms with Crippen LogP contribution in [0.3, 0.4) is 0 Å². The topological polar surface area (TPSA) is 49.6 Å². The van der Waals surface area contributed by atoms with E-state index in [2.05, 4.69) is 25.7 Å². The van der Waals surface area contributed by atoms with Gasteiger partial charge in [0, 0.05) is 26.7 Å². The van der Waals surface area contributed by atoms with Gasteiger partial charge in [0.15, 0.2) is 0 Å². The van der Waals surface area contributed by atoms with Crippen LogP contribution in [0.25, 0.3) is 0 Å².